The summed E-state index contributed by atoms with van der Waals surface area (Å²) >= 11 is 0. The van der Waals surface area contributed by atoms with E-state index in [9.17, 15) is 13.2 Å². The Bertz CT molecular complexity index is 392. The van der Waals surface area contributed by atoms with Gasteiger partial charge in [0.05, 0.1) is 11.9 Å². The predicted octanol–water partition coefficient (Wildman–Crippen LogP) is 0.504. The molecular weight excluding hydrogens is 256 g/mol. The van der Waals surface area contributed by atoms with E-state index in [-0.39, 0.29) is 11.8 Å². The summed E-state index contributed by atoms with van der Waals surface area (Å²) in [5, 5.41) is 0. The molecule has 18 heavy (non-hydrogen) atoms. The molecule has 0 unspecified atom stereocenters. The Hall–Kier alpha value is -0.660. The molecule has 1 fully saturated rings. The van der Waals surface area contributed by atoms with Gasteiger partial charge in [-0.05, 0) is 33.6 Å². The maximum Gasteiger partial charge on any atom is 0.246 e. The summed E-state index contributed by atoms with van der Waals surface area (Å²) in [6, 6.07) is 0. The summed E-state index contributed by atoms with van der Waals surface area (Å²) < 4.78 is 24.0. The smallest absolute Gasteiger partial charge is 0.246 e. The third kappa shape index (κ3) is 4.91. The zero-order valence-electron chi connectivity index (χ0n) is 11.4. The highest BCUT2D eigenvalue weighted by Crippen LogP contribution is 2.19. The molecule has 0 bridgehead atoms. The number of nitrogens with zero attached hydrogens (tertiary/aromatic N) is 1. The molecule has 0 aromatic rings. The number of nitrogens with one attached hydrogen (secondary N) is 1. The molecule has 1 aliphatic rings. The van der Waals surface area contributed by atoms with Crippen molar-refractivity contribution >= 4 is 15.9 Å². The zero-order valence-corrected chi connectivity index (χ0v) is 12.2. The molecule has 6 nitrogen and oxygen atoms in total. The van der Waals surface area contributed by atoms with E-state index in [0.717, 1.165) is 0 Å². The first-order valence-corrected chi connectivity index (χ1v) is 7.87. The Balaban J connectivity index is 2.41. The van der Waals surface area contributed by atoms with Gasteiger partial charge in [-0.3, -0.25) is 9.63 Å². The van der Waals surface area contributed by atoms with Crippen molar-refractivity contribution < 1.29 is 18.0 Å². The standard InChI is InChI=1S/C11H22N2O4S/c1-11(2,3)17-12-10(14)9-5-7-13(8-6-9)18(4,15)16/h9H,5-8H2,1-4H3,(H,12,14). The molecule has 0 radical (unpaired) electrons. The minimum atomic E-state index is -3.14. The van der Waals surface area contributed by atoms with Gasteiger partial charge in [0, 0.05) is 19.0 Å². The van der Waals surface area contributed by atoms with E-state index in [1.165, 1.54) is 10.6 Å². The molecule has 1 rings (SSSR count). The van der Waals surface area contributed by atoms with Crippen LogP contribution in [0.4, 0.5) is 0 Å². The number of hydrogen-bond acceptors (Lipinski definition) is 4. The van der Waals surface area contributed by atoms with Crippen LogP contribution < -0.4 is 5.48 Å². The predicted molar refractivity (Wildman–Crippen MR) is 68.1 cm³/mol. The lowest BCUT2D eigenvalue weighted by Gasteiger charge is -2.30. The summed E-state index contributed by atoms with van der Waals surface area (Å²) in [6.45, 7) is 6.33. The lowest BCUT2D eigenvalue weighted by molar-refractivity contribution is -0.150. The average molecular weight is 278 g/mol. The number of hydrogen-bond donors (Lipinski definition) is 1. The van der Waals surface area contributed by atoms with Crippen LogP contribution in [0, 0.1) is 5.92 Å². The van der Waals surface area contributed by atoms with Gasteiger partial charge in [-0.15, -0.1) is 0 Å². The van der Waals surface area contributed by atoms with Gasteiger partial charge in [0.2, 0.25) is 15.9 Å². The lowest BCUT2D eigenvalue weighted by Crippen LogP contribution is -2.44. The van der Waals surface area contributed by atoms with Crippen LogP contribution in [0.25, 0.3) is 0 Å². The van der Waals surface area contributed by atoms with Crippen molar-refractivity contribution in [2.24, 2.45) is 5.92 Å². The second kappa shape index (κ2) is 5.54. The third-order valence-electron chi connectivity index (χ3n) is 2.75. The summed E-state index contributed by atoms with van der Waals surface area (Å²) in [4.78, 5) is 17.0. The Morgan fingerprint density at radius 3 is 2.17 bits per heavy atom. The van der Waals surface area contributed by atoms with E-state index in [2.05, 4.69) is 5.48 Å². The number of sulfonamides is 1. The van der Waals surface area contributed by atoms with E-state index in [0.29, 0.717) is 25.9 Å². The second-order valence-corrected chi connectivity index (χ2v) is 7.60. The minimum absolute atomic E-state index is 0.168. The molecule has 1 heterocycles. The molecule has 1 saturated heterocycles. The quantitative estimate of drug-likeness (QED) is 0.763. The number of carbonyl (C=O) groups excluding carboxylic acids is 1. The number of amides is 1. The molecule has 0 spiro atoms. The number of rotatable bonds is 3. The van der Waals surface area contributed by atoms with E-state index >= 15 is 0 Å². The molecule has 0 aromatic carbocycles. The maximum absolute atomic E-state index is 11.8. The highest BCUT2D eigenvalue weighted by atomic mass is 32.2. The Morgan fingerprint density at radius 2 is 1.78 bits per heavy atom. The van der Waals surface area contributed by atoms with E-state index in [4.69, 9.17) is 4.84 Å². The fourth-order valence-electron chi connectivity index (χ4n) is 1.74. The molecule has 0 aliphatic carbocycles. The molecule has 0 saturated carbocycles. The fourth-order valence-corrected chi connectivity index (χ4v) is 2.61. The summed E-state index contributed by atoms with van der Waals surface area (Å²) in [5.41, 5.74) is 2.01. The van der Waals surface area contributed by atoms with Crippen LogP contribution in [0.3, 0.4) is 0 Å². The van der Waals surface area contributed by atoms with Gasteiger partial charge in [-0.2, -0.15) is 0 Å². The van der Waals surface area contributed by atoms with Crippen LogP contribution in [0.1, 0.15) is 33.6 Å². The second-order valence-electron chi connectivity index (χ2n) is 5.62. The molecule has 1 aliphatic heterocycles. The first-order valence-electron chi connectivity index (χ1n) is 6.02. The van der Waals surface area contributed by atoms with Crippen LogP contribution in [0.5, 0.6) is 0 Å². The van der Waals surface area contributed by atoms with Crippen LogP contribution in [0.15, 0.2) is 0 Å². The van der Waals surface area contributed by atoms with Gasteiger partial charge >= 0.3 is 0 Å². The van der Waals surface area contributed by atoms with Crippen molar-refractivity contribution in [3.63, 3.8) is 0 Å². The van der Waals surface area contributed by atoms with E-state index < -0.39 is 15.6 Å². The lowest BCUT2D eigenvalue weighted by atomic mass is 9.98. The van der Waals surface area contributed by atoms with Gasteiger partial charge < -0.3 is 0 Å². The molecular formula is C11H22N2O4S. The molecule has 1 amide bonds. The first kappa shape index (κ1) is 15.4. The molecule has 0 atom stereocenters. The van der Waals surface area contributed by atoms with Crippen molar-refractivity contribution in [1.82, 2.24) is 9.79 Å². The number of piperidine rings is 1. The summed E-state index contributed by atoms with van der Waals surface area (Å²) in [7, 11) is -3.14. The first-order chi connectivity index (χ1) is 8.09. The fraction of sp³-hybridized carbons (Fsp3) is 0.909. The van der Waals surface area contributed by atoms with Gasteiger partial charge in [-0.25, -0.2) is 18.2 Å². The average Bonchev–Trinajstić information content (AvgIpc) is 2.24. The van der Waals surface area contributed by atoms with Gasteiger partial charge in [0.25, 0.3) is 0 Å². The molecule has 106 valence electrons. The van der Waals surface area contributed by atoms with Crippen molar-refractivity contribution in [3.8, 4) is 0 Å². The SMILES string of the molecule is CC(C)(C)ONC(=O)C1CCN(S(C)(=O)=O)CC1. The monoisotopic (exact) mass is 278 g/mol. The van der Waals surface area contributed by atoms with Crippen LogP contribution in [-0.2, 0) is 19.7 Å². The van der Waals surface area contributed by atoms with Gasteiger partial charge in [-0.1, -0.05) is 0 Å². The van der Waals surface area contributed by atoms with Crippen molar-refractivity contribution in [3.05, 3.63) is 0 Å². The van der Waals surface area contributed by atoms with Crippen LogP contribution in [-0.4, -0.2) is 43.6 Å². The van der Waals surface area contributed by atoms with Crippen molar-refractivity contribution in [1.29, 1.82) is 0 Å². The maximum atomic E-state index is 11.8. The summed E-state index contributed by atoms with van der Waals surface area (Å²) in [6.07, 6.45) is 2.26. The largest absolute Gasteiger partial charge is 0.272 e. The molecule has 7 heteroatoms. The Kier molecular flexibility index (Phi) is 4.74. The summed E-state index contributed by atoms with van der Waals surface area (Å²) in [5.74, 6) is -0.344. The highest BCUT2D eigenvalue weighted by molar-refractivity contribution is 7.88. The molecule has 1 N–H and O–H groups in total. The minimum Gasteiger partial charge on any atom is -0.272 e. The Morgan fingerprint density at radius 1 is 1.28 bits per heavy atom. The molecule has 0 aromatic heterocycles. The highest BCUT2D eigenvalue weighted by Gasteiger charge is 2.29. The Labute approximate surface area is 109 Å². The van der Waals surface area contributed by atoms with E-state index in [1.807, 2.05) is 20.8 Å². The van der Waals surface area contributed by atoms with Crippen LogP contribution >= 0.6 is 0 Å². The number of carbonyl (C=O) groups is 1. The zero-order chi connectivity index (χ0) is 14.0. The third-order valence-corrected chi connectivity index (χ3v) is 4.05. The van der Waals surface area contributed by atoms with Crippen molar-refractivity contribution in [2.45, 2.75) is 39.2 Å². The van der Waals surface area contributed by atoms with E-state index in [1.54, 1.807) is 0 Å². The van der Waals surface area contributed by atoms with Gasteiger partial charge in [0.15, 0.2) is 0 Å². The normalized spacial score (nSPS) is 19.8. The number of hydroxylamine groups is 1. The topological polar surface area (TPSA) is 75.7 Å². The van der Waals surface area contributed by atoms with Crippen LogP contribution in [0.2, 0.25) is 0 Å². The van der Waals surface area contributed by atoms with Gasteiger partial charge in [0.1, 0.15) is 0 Å². The van der Waals surface area contributed by atoms with Crippen molar-refractivity contribution in [2.75, 3.05) is 19.3 Å².